The molecule has 0 aromatic carbocycles. The second kappa shape index (κ2) is 10.3. The van der Waals surface area contributed by atoms with E-state index >= 15 is 0 Å². The third kappa shape index (κ3) is 9.35. The molecule has 0 bridgehead atoms. The van der Waals surface area contributed by atoms with Crippen LogP contribution in [0.3, 0.4) is 0 Å². The van der Waals surface area contributed by atoms with Gasteiger partial charge >= 0.3 is 0 Å². The van der Waals surface area contributed by atoms with E-state index in [2.05, 4.69) is 4.74 Å². The van der Waals surface area contributed by atoms with Gasteiger partial charge in [-0.05, 0) is 0 Å². The molecular weight excluding hydrogens is 162 g/mol. The van der Waals surface area contributed by atoms with Crippen molar-refractivity contribution in [2.75, 3.05) is 39.6 Å². The summed E-state index contributed by atoms with van der Waals surface area (Å²) in [5.41, 5.74) is 5.18. The van der Waals surface area contributed by atoms with Crippen LogP contribution in [0.25, 0.3) is 0 Å². The van der Waals surface area contributed by atoms with Crippen molar-refractivity contribution in [3.63, 3.8) is 0 Å². The molecule has 5 heteroatoms. The first-order chi connectivity index (χ1) is 5.91. The highest BCUT2D eigenvalue weighted by atomic mass is 16.6. The van der Waals surface area contributed by atoms with E-state index in [1.807, 2.05) is 0 Å². The molecule has 0 radical (unpaired) electrons. The molecule has 0 fully saturated rings. The van der Waals surface area contributed by atoms with Crippen LogP contribution in [0.15, 0.2) is 0 Å². The number of carbonyl (C=O) groups is 1. The lowest BCUT2D eigenvalue weighted by molar-refractivity contribution is -0.130. The summed E-state index contributed by atoms with van der Waals surface area (Å²) in [5.74, 6) is 0. The van der Waals surface area contributed by atoms with Gasteiger partial charge in [-0.15, -0.1) is 0 Å². The van der Waals surface area contributed by atoms with Gasteiger partial charge in [0.05, 0.1) is 26.4 Å². The van der Waals surface area contributed by atoms with Gasteiger partial charge in [-0.1, -0.05) is 0 Å². The van der Waals surface area contributed by atoms with Crippen molar-refractivity contribution >= 4 is 6.47 Å². The molecule has 0 saturated heterocycles. The van der Waals surface area contributed by atoms with E-state index in [0.717, 1.165) is 0 Å². The summed E-state index contributed by atoms with van der Waals surface area (Å²) in [5, 5.41) is 0. The minimum absolute atomic E-state index is 0.292. The summed E-state index contributed by atoms with van der Waals surface area (Å²) in [7, 11) is 0. The Hall–Kier alpha value is -0.650. The van der Waals surface area contributed by atoms with Crippen molar-refractivity contribution in [2.45, 2.75) is 0 Å². The summed E-state index contributed by atoms with van der Waals surface area (Å²) in [6.07, 6.45) is 0. The molecule has 72 valence electrons. The van der Waals surface area contributed by atoms with Crippen LogP contribution in [-0.2, 0) is 19.0 Å². The highest BCUT2D eigenvalue weighted by molar-refractivity contribution is 5.36. The first kappa shape index (κ1) is 11.4. The Labute approximate surface area is 71.8 Å². The molecule has 0 aliphatic heterocycles. The zero-order valence-electron chi connectivity index (χ0n) is 7.03. The van der Waals surface area contributed by atoms with Crippen LogP contribution in [0.5, 0.6) is 0 Å². The van der Waals surface area contributed by atoms with E-state index in [9.17, 15) is 4.79 Å². The Morgan fingerprint density at radius 1 is 1.00 bits per heavy atom. The van der Waals surface area contributed by atoms with Crippen LogP contribution in [0.4, 0.5) is 0 Å². The Morgan fingerprint density at radius 2 is 1.58 bits per heavy atom. The van der Waals surface area contributed by atoms with Gasteiger partial charge in [-0.25, -0.2) is 0 Å². The fourth-order valence-electron chi connectivity index (χ4n) is 0.560. The van der Waals surface area contributed by atoms with Crippen LogP contribution < -0.4 is 5.73 Å². The summed E-state index contributed by atoms with van der Waals surface area (Å²) in [6, 6.07) is 0. The minimum Gasteiger partial charge on any atom is -0.465 e. The predicted molar refractivity (Wildman–Crippen MR) is 42.7 cm³/mol. The van der Waals surface area contributed by atoms with E-state index in [4.69, 9.17) is 15.2 Å². The van der Waals surface area contributed by atoms with Crippen molar-refractivity contribution in [3.8, 4) is 0 Å². The number of rotatable bonds is 9. The molecule has 0 heterocycles. The molecule has 2 N–H and O–H groups in total. The van der Waals surface area contributed by atoms with Gasteiger partial charge in [0.25, 0.3) is 6.47 Å². The number of hydrogen-bond acceptors (Lipinski definition) is 5. The maximum absolute atomic E-state index is 9.66. The molecule has 0 aromatic rings. The maximum Gasteiger partial charge on any atom is 0.293 e. The zero-order valence-corrected chi connectivity index (χ0v) is 7.03. The van der Waals surface area contributed by atoms with Crippen LogP contribution >= 0.6 is 0 Å². The van der Waals surface area contributed by atoms with E-state index in [1.54, 1.807) is 0 Å². The third-order valence-electron chi connectivity index (χ3n) is 1.05. The van der Waals surface area contributed by atoms with Crippen molar-refractivity contribution in [1.29, 1.82) is 0 Å². The standard InChI is InChI=1S/C7H15NO4/c8-1-2-10-3-4-11-5-6-12-7-9/h7H,1-6,8H2. The Bertz CT molecular complexity index is 99.4. The second-order valence-electron chi connectivity index (χ2n) is 1.98. The van der Waals surface area contributed by atoms with E-state index in [1.165, 1.54) is 0 Å². The number of carbonyl (C=O) groups excluding carboxylic acids is 1. The van der Waals surface area contributed by atoms with Crippen LogP contribution in [0, 0.1) is 0 Å². The lowest BCUT2D eigenvalue weighted by Crippen LogP contribution is -2.13. The molecule has 0 saturated carbocycles. The van der Waals surface area contributed by atoms with Crippen molar-refractivity contribution in [2.24, 2.45) is 5.73 Å². The highest BCUT2D eigenvalue weighted by Crippen LogP contribution is 1.78. The first-order valence-corrected chi connectivity index (χ1v) is 3.82. The highest BCUT2D eigenvalue weighted by Gasteiger charge is 1.88. The maximum atomic E-state index is 9.66. The Morgan fingerprint density at radius 3 is 2.17 bits per heavy atom. The molecule has 0 aliphatic carbocycles. The van der Waals surface area contributed by atoms with Gasteiger partial charge in [0.1, 0.15) is 6.61 Å². The molecule has 0 amide bonds. The van der Waals surface area contributed by atoms with Gasteiger partial charge in [0.15, 0.2) is 0 Å². The molecule has 0 unspecified atom stereocenters. The predicted octanol–water partition coefficient (Wildman–Crippen LogP) is -0.849. The molecule has 0 aromatic heterocycles. The van der Waals surface area contributed by atoms with Crippen LogP contribution in [-0.4, -0.2) is 46.1 Å². The fourth-order valence-corrected chi connectivity index (χ4v) is 0.560. The van der Waals surface area contributed by atoms with Gasteiger partial charge in [-0.3, -0.25) is 4.79 Å². The molecule has 0 atom stereocenters. The molecule has 12 heavy (non-hydrogen) atoms. The minimum atomic E-state index is 0.292. The molecule has 0 aliphatic rings. The van der Waals surface area contributed by atoms with Crippen molar-refractivity contribution in [1.82, 2.24) is 0 Å². The van der Waals surface area contributed by atoms with E-state index < -0.39 is 0 Å². The first-order valence-electron chi connectivity index (χ1n) is 3.82. The average Bonchev–Trinajstić information content (AvgIpc) is 2.10. The lowest BCUT2D eigenvalue weighted by Gasteiger charge is -2.03. The van der Waals surface area contributed by atoms with Gasteiger partial charge in [-0.2, -0.15) is 0 Å². The van der Waals surface area contributed by atoms with E-state index in [-0.39, 0.29) is 0 Å². The zero-order chi connectivity index (χ0) is 9.07. The SMILES string of the molecule is NCCOCCOCCOC=O. The lowest BCUT2D eigenvalue weighted by atomic mass is 10.7. The topological polar surface area (TPSA) is 70.8 Å². The number of ether oxygens (including phenoxy) is 3. The summed E-state index contributed by atoms with van der Waals surface area (Å²) < 4.78 is 14.5. The largest absolute Gasteiger partial charge is 0.465 e. The van der Waals surface area contributed by atoms with Gasteiger partial charge < -0.3 is 19.9 Å². The number of nitrogens with two attached hydrogens (primary N) is 1. The smallest absolute Gasteiger partial charge is 0.293 e. The number of hydrogen-bond donors (Lipinski definition) is 1. The van der Waals surface area contributed by atoms with Crippen LogP contribution in [0.2, 0.25) is 0 Å². The van der Waals surface area contributed by atoms with Crippen molar-refractivity contribution < 1.29 is 19.0 Å². The van der Waals surface area contributed by atoms with Gasteiger partial charge in [0, 0.05) is 6.54 Å². The molecular formula is C7H15NO4. The van der Waals surface area contributed by atoms with E-state index in [0.29, 0.717) is 46.1 Å². The van der Waals surface area contributed by atoms with Gasteiger partial charge in [0.2, 0.25) is 0 Å². The third-order valence-corrected chi connectivity index (χ3v) is 1.05. The molecule has 5 nitrogen and oxygen atoms in total. The molecule has 0 spiro atoms. The second-order valence-corrected chi connectivity index (χ2v) is 1.98. The summed E-state index contributed by atoms with van der Waals surface area (Å²) in [4.78, 5) is 9.66. The average molecular weight is 177 g/mol. The Kier molecular flexibility index (Phi) is 9.79. The Balaban J connectivity index is 2.77. The normalized spacial score (nSPS) is 9.75. The summed E-state index contributed by atoms with van der Waals surface area (Å²) in [6.45, 7) is 3.20. The summed E-state index contributed by atoms with van der Waals surface area (Å²) >= 11 is 0. The monoisotopic (exact) mass is 177 g/mol. The van der Waals surface area contributed by atoms with Crippen molar-refractivity contribution in [3.05, 3.63) is 0 Å². The van der Waals surface area contributed by atoms with Crippen LogP contribution in [0.1, 0.15) is 0 Å². The fraction of sp³-hybridized carbons (Fsp3) is 0.857. The quantitative estimate of drug-likeness (QED) is 0.367. The molecule has 0 rings (SSSR count).